The molecule has 0 atom stereocenters. The Morgan fingerprint density at radius 1 is 0.857 bits per heavy atom. The zero-order chi connectivity index (χ0) is 19.5. The minimum Gasteiger partial charge on any atom is -0.322 e. The Hall–Kier alpha value is -3.66. The van der Waals surface area contributed by atoms with Gasteiger partial charge < -0.3 is 5.32 Å². The predicted molar refractivity (Wildman–Crippen MR) is 113 cm³/mol. The molecule has 0 aliphatic heterocycles. The number of nitrogens with zero attached hydrogens (tertiary/aromatic N) is 2. The monoisotopic (exact) mass is 367 g/mol. The number of hydrogen-bond donors (Lipinski definition) is 1. The van der Waals surface area contributed by atoms with Crippen LogP contribution in [0.15, 0.2) is 84.9 Å². The van der Waals surface area contributed by atoms with Crippen LogP contribution in [0.3, 0.4) is 0 Å². The van der Waals surface area contributed by atoms with Gasteiger partial charge in [-0.05, 0) is 56.3 Å². The normalized spacial score (nSPS) is 10.6. The van der Waals surface area contributed by atoms with Gasteiger partial charge in [-0.25, -0.2) is 4.68 Å². The molecule has 0 aliphatic rings. The van der Waals surface area contributed by atoms with E-state index < -0.39 is 0 Å². The summed E-state index contributed by atoms with van der Waals surface area (Å²) >= 11 is 0. The van der Waals surface area contributed by atoms with Gasteiger partial charge in [0.2, 0.25) is 0 Å². The number of hydrogen-bond acceptors (Lipinski definition) is 2. The number of carbonyl (C=O) groups is 1. The Kier molecular flexibility index (Phi) is 4.77. The maximum atomic E-state index is 12.5. The van der Waals surface area contributed by atoms with E-state index >= 15 is 0 Å². The minimum atomic E-state index is -0.129. The van der Waals surface area contributed by atoms with Crippen LogP contribution in [0.5, 0.6) is 0 Å². The molecular weight excluding hydrogens is 346 g/mol. The van der Waals surface area contributed by atoms with Crippen molar-refractivity contribution < 1.29 is 4.79 Å². The highest BCUT2D eigenvalue weighted by molar-refractivity contribution is 6.04. The van der Waals surface area contributed by atoms with Crippen LogP contribution in [0.2, 0.25) is 0 Å². The molecule has 0 saturated heterocycles. The lowest BCUT2D eigenvalue weighted by Crippen LogP contribution is -2.12. The van der Waals surface area contributed by atoms with E-state index in [2.05, 4.69) is 28.6 Å². The van der Waals surface area contributed by atoms with Crippen molar-refractivity contribution in [3.05, 3.63) is 102 Å². The topological polar surface area (TPSA) is 46.9 Å². The fourth-order valence-corrected chi connectivity index (χ4v) is 3.10. The lowest BCUT2D eigenvalue weighted by molar-refractivity contribution is 0.102. The molecule has 28 heavy (non-hydrogen) atoms. The summed E-state index contributed by atoms with van der Waals surface area (Å²) in [5, 5.41) is 7.55. The number of carbonyl (C=O) groups excluding carboxylic acids is 1. The molecule has 138 valence electrons. The lowest BCUT2D eigenvalue weighted by Gasteiger charge is -2.09. The van der Waals surface area contributed by atoms with Crippen LogP contribution < -0.4 is 5.32 Å². The zero-order valence-electron chi connectivity index (χ0n) is 15.9. The summed E-state index contributed by atoms with van der Waals surface area (Å²) < 4.78 is 1.91. The first-order valence-electron chi connectivity index (χ1n) is 9.21. The molecule has 0 saturated carbocycles. The smallest absolute Gasteiger partial charge is 0.255 e. The second-order valence-corrected chi connectivity index (χ2v) is 6.82. The van der Waals surface area contributed by atoms with Crippen molar-refractivity contribution in [3.8, 4) is 16.9 Å². The van der Waals surface area contributed by atoms with E-state index in [1.54, 1.807) is 0 Å². The molecule has 4 rings (SSSR count). The Balaban J connectivity index is 1.59. The van der Waals surface area contributed by atoms with Crippen LogP contribution in [0.1, 0.15) is 21.6 Å². The van der Waals surface area contributed by atoms with Crippen molar-refractivity contribution in [3.63, 3.8) is 0 Å². The Morgan fingerprint density at radius 2 is 1.54 bits per heavy atom. The Labute approximate surface area is 164 Å². The molecule has 4 nitrogen and oxygen atoms in total. The number of nitrogens with one attached hydrogen (secondary N) is 1. The van der Waals surface area contributed by atoms with Gasteiger partial charge in [0, 0.05) is 16.8 Å². The van der Waals surface area contributed by atoms with Gasteiger partial charge in [0.05, 0.1) is 17.1 Å². The summed E-state index contributed by atoms with van der Waals surface area (Å²) in [5.74, 6) is -0.129. The number of aromatic nitrogens is 2. The molecule has 4 aromatic rings. The summed E-state index contributed by atoms with van der Waals surface area (Å²) in [7, 11) is 0. The quantitative estimate of drug-likeness (QED) is 0.524. The molecule has 1 N–H and O–H groups in total. The van der Waals surface area contributed by atoms with Gasteiger partial charge in [-0.15, -0.1) is 0 Å². The van der Waals surface area contributed by atoms with Gasteiger partial charge >= 0.3 is 0 Å². The third-order valence-corrected chi connectivity index (χ3v) is 4.58. The van der Waals surface area contributed by atoms with Crippen LogP contribution in [0.25, 0.3) is 16.9 Å². The van der Waals surface area contributed by atoms with Gasteiger partial charge in [0.1, 0.15) is 0 Å². The van der Waals surface area contributed by atoms with E-state index in [-0.39, 0.29) is 5.91 Å². The molecule has 1 heterocycles. The van der Waals surface area contributed by atoms with Crippen LogP contribution in [0, 0.1) is 13.8 Å². The van der Waals surface area contributed by atoms with Gasteiger partial charge in [-0.3, -0.25) is 4.79 Å². The summed E-state index contributed by atoms with van der Waals surface area (Å²) in [4.78, 5) is 12.5. The molecule has 0 spiro atoms. The highest BCUT2D eigenvalue weighted by Crippen LogP contribution is 2.24. The van der Waals surface area contributed by atoms with Crippen LogP contribution >= 0.6 is 0 Å². The molecule has 0 fully saturated rings. The second kappa shape index (κ2) is 7.53. The van der Waals surface area contributed by atoms with Gasteiger partial charge in [-0.1, -0.05) is 48.0 Å². The Morgan fingerprint density at radius 3 is 2.21 bits per heavy atom. The molecule has 1 aromatic heterocycles. The first-order chi connectivity index (χ1) is 13.6. The van der Waals surface area contributed by atoms with Crippen molar-refractivity contribution in [1.82, 2.24) is 9.78 Å². The van der Waals surface area contributed by atoms with Gasteiger partial charge in [-0.2, -0.15) is 5.10 Å². The van der Waals surface area contributed by atoms with Crippen molar-refractivity contribution in [2.45, 2.75) is 13.8 Å². The zero-order valence-corrected chi connectivity index (χ0v) is 15.9. The fraction of sp³-hybridized carbons (Fsp3) is 0.0833. The van der Waals surface area contributed by atoms with E-state index in [4.69, 9.17) is 0 Å². The van der Waals surface area contributed by atoms with Crippen LogP contribution in [0.4, 0.5) is 5.69 Å². The number of aryl methyl sites for hydroxylation is 2. The first kappa shape index (κ1) is 17.7. The van der Waals surface area contributed by atoms with Crippen molar-refractivity contribution in [2.24, 2.45) is 0 Å². The van der Waals surface area contributed by atoms with Gasteiger partial charge in [0.25, 0.3) is 5.91 Å². The van der Waals surface area contributed by atoms with Crippen molar-refractivity contribution in [2.75, 3.05) is 5.32 Å². The average molecular weight is 367 g/mol. The standard InChI is InChI=1S/C24H21N3O/c1-17-8-12-21(13-9-17)25-24(28)20-10-14-22(15-11-20)27-23(16-18(2)26-27)19-6-4-3-5-7-19/h3-16H,1-2H3,(H,25,28). The van der Waals surface area contributed by atoms with Crippen LogP contribution in [-0.2, 0) is 0 Å². The molecule has 3 aromatic carbocycles. The molecule has 0 unspecified atom stereocenters. The fourth-order valence-electron chi connectivity index (χ4n) is 3.10. The molecule has 4 heteroatoms. The van der Waals surface area contributed by atoms with E-state index in [9.17, 15) is 4.79 Å². The largest absolute Gasteiger partial charge is 0.322 e. The molecule has 0 radical (unpaired) electrons. The number of amides is 1. The molecule has 1 amide bonds. The summed E-state index contributed by atoms with van der Waals surface area (Å²) in [6.07, 6.45) is 0. The van der Waals surface area contributed by atoms with E-state index in [0.29, 0.717) is 5.56 Å². The number of rotatable bonds is 4. The Bertz CT molecular complexity index is 1100. The summed E-state index contributed by atoms with van der Waals surface area (Å²) in [5.41, 5.74) is 6.53. The minimum absolute atomic E-state index is 0.129. The maximum Gasteiger partial charge on any atom is 0.255 e. The second-order valence-electron chi connectivity index (χ2n) is 6.82. The third-order valence-electron chi connectivity index (χ3n) is 4.58. The van der Waals surface area contributed by atoms with Crippen LogP contribution in [-0.4, -0.2) is 15.7 Å². The van der Waals surface area contributed by atoms with Gasteiger partial charge in [0.15, 0.2) is 0 Å². The van der Waals surface area contributed by atoms with E-state index in [1.807, 2.05) is 85.3 Å². The molecular formula is C24H21N3O. The number of anilines is 1. The highest BCUT2D eigenvalue weighted by Gasteiger charge is 2.11. The summed E-state index contributed by atoms with van der Waals surface area (Å²) in [6.45, 7) is 4.00. The van der Waals surface area contributed by atoms with E-state index in [0.717, 1.165) is 33.9 Å². The molecule has 0 bridgehead atoms. The first-order valence-corrected chi connectivity index (χ1v) is 9.21. The molecule has 0 aliphatic carbocycles. The highest BCUT2D eigenvalue weighted by atomic mass is 16.1. The third kappa shape index (κ3) is 3.71. The maximum absolute atomic E-state index is 12.5. The predicted octanol–water partition coefficient (Wildman–Crippen LogP) is 5.41. The SMILES string of the molecule is Cc1ccc(NC(=O)c2ccc(-n3nc(C)cc3-c3ccccc3)cc2)cc1. The van der Waals surface area contributed by atoms with E-state index in [1.165, 1.54) is 0 Å². The van der Waals surface area contributed by atoms with Crippen molar-refractivity contribution >= 4 is 11.6 Å². The average Bonchev–Trinajstić information content (AvgIpc) is 3.12. The number of benzene rings is 3. The summed E-state index contributed by atoms with van der Waals surface area (Å²) in [6, 6.07) is 27.5. The van der Waals surface area contributed by atoms with Crippen molar-refractivity contribution in [1.29, 1.82) is 0 Å². The lowest BCUT2D eigenvalue weighted by atomic mass is 10.1.